The topological polar surface area (TPSA) is 62.6 Å². The highest BCUT2D eigenvalue weighted by Gasteiger charge is 2.32. The lowest BCUT2D eigenvalue weighted by Gasteiger charge is -2.27. The Labute approximate surface area is 109 Å². The molecule has 1 aliphatic heterocycles. The van der Waals surface area contributed by atoms with Crippen molar-refractivity contribution >= 4 is 35.2 Å². The fourth-order valence-electron chi connectivity index (χ4n) is 1.51. The highest BCUT2D eigenvalue weighted by atomic mass is 32.1. The second-order valence-electron chi connectivity index (χ2n) is 3.58. The van der Waals surface area contributed by atoms with Crippen LogP contribution in [0.5, 0.6) is 0 Å². The third kappa shape index (κ3) is 2.23. The van der Waals surface area contributed by atoms with Gasteiger partial charge in [-0.05, 0) is 24.4 Å². The first-order valence-corrected chi connectivity index (χ1v) is 5.56. The zero-order valence-electron chi connectivity index (χ0n) is 9.38. The molecule has 92 valence electrons. The molecule has 2 rings (SSSR count). The van der Waals surface area contributed by atoms with Crippen molar-refractivity contribution in [3.8, 4) is 0 Å². The standard InChI is InChI=1S/C12H10N2O3S/c1-2-4-14-11(16)9(10(15)13-12(14)18)6-8-3-5-17-7-8/h2-3,5-7H,1,4H2,(H,13,15,18)/b9-6+. The van der Waals surface area contributed by atoms with E-state index in [1.54, 1.807) is 6.07 Å². The average Bonchev–Trinajstić information content (AvgIpc) is 2.83. The number of nitrogens with one attached hydrogen (secondary N) is 1. The van der Waals surface area contributed by atoms with Crippen LogP contribution in [-0.2, 0) is 9.59 Å². The number of hydrogen-bond acceptors (Lipinski definition) is 4. The zero-order chi connectivity index (χ0) is 13.1. The number of rotatable bonds is 3. The maximum atomic E-state index is 12.1. The van der Waals surface area contributed by atoms with Gasteiger partial charge in [0.2, 0.25) is 0 Å². The Hall–Kier alpha value is -2.21. The van der Waals surface area contributed by atoms with Crippen LogP contribution in [0.15, 0.2) is 41.2 Å². The van der Waals surface area contributed by atoms with Crippen molar-refractivity contribution in [2.75, 3.05) is 6.54 Å². The van der Waals surface area contributed by atoms with Gasteiger partial charge in [0.05, 0.1) is 12.5 Å². The summed E-state index contributed by atoms with van der Waals surface area (Å²) in [6.45, 7) is 3.79. The Kier molecular flexibility index (Phi) is 3.38. The monoisotopic (exact) mass is 262 g/mol. The zero-order valence-corrected chi connectivity index (χ0v) is 10.2. The molecule has 0 unspecified atom stereocenters. The molecule has 1 aromatic rings. The summed E-state index contributed by atoms with van der Waals surface area (Å²) in [6.07, 6.45) is 5.90. The smallest absolute Gasteiger partial charge is 0.265 e. The molecule has 5 nitrogen and oxygen atoms in total. The van der Waals surface area contributed by atoms with E-state index >= 15 is 0 Å². The summed E-state index contributed by atoms with van der Waals surface area (Å²) in [6, 6.07) is 1.65. The van der Waals surface area contributed by atoms with Crippen LogP contribution in [0.4, 0.5) is 0 Å². The minimum absolute atomic E-state index is 0.0202. The second kappa shape index (κ2) is 4.97. The van der Waals surface area contributed by atoms with Crippen molar-refractivity contribution in [1.29, 1.82) is 0 Å². The molecule has 18 heavy (non-hydrogen) atoms. The first kappa shape index (κ1) is 12.3. The number of thiocarbonyl (C=S) groups is 1. The van der Waals surface area contributed by atoms with Gasteiger partial charge in [0, 0.05) is 12.1 Å². The van der Waals surface area contributed by atoms with Gasteiger partial charge in [-0.15, -0.1) is 6.58 Å². The van der Waals surface area contributed by atoms with Gasteiger partial charge >= 0.3 is 0 Å². The summed E-state index contributed by atoms with van der Waals surface area (Å²) in [7, 11) is 0. The maximum absolute atomic E-state index is 12.1. The summed E-state index contributed by atoms with van der Waals surface area (Å²) in [5.41, 5.74) is 0.659. The molecule has 0 saturated carbocycles. The average molecular weight is 262 g/mol. The summed E-state index contributed by atoms with van der Waals surface area (Å²) in [4.78, 5) is 25.1. The van der Waals surface area contributed by atoms with Crippen LogP contribution in [-0.4, -0.2) is 28.4 Å². The maximum Gasteiger partial charge on any atom is 0.265 e. The van der Waals surface area contributed by atoms with E-state index in [0.717, 1.165) is 0 Å². The Morgan fingerprint density at radius 2 is 2.28 bits per heavy atom. The number of carbonyl (C=O) groups is 2. The molecular weight excluding hydrogens is 252 g/mol. The van der Waals surface area contributed by atoms with Gasteiger partial charge in [-0.2, -0.15) is 0 Å². The molecule has 1 saturated heterocycles. The number of nitrogens with zero attached hydrogens (tertiary/aromatic N) is 1. The largest absolute Gasteiger partial charge is 0.472 e. The number of furan rings is 1. The third-order valence-electron chi connectivity index (χ3n) is 2.35. The van der Waals surface area contributed by atoms with Crippen LogP contribution in [0.25, 0.3) is 6.08 Å². The van der Waals surface area contributed by atoms with E-state index in [9.17, 15) is 9.59 Å². The number of amides is 2. The molecule has 2 heterocycles. The molecule has 0 bridgehead atoms. The molecule has 0 atom stereocenters. The third-order valence-corrected chi connectivity index (χ3v) is 2.67. The highest BCUT2D eigenvalue weighted by molar-refractivity contribution is 7.80. The Balaban J connectivity index is 2.35. The molecule has 0 aromatic carbocycles. The van der Waals surface area contributed by atoms with Crippen molar-refractivity contribution in [1.82, 2.24) is 10.2 Å². The lowest BCUT2D eigenvalue weighted by atomic mass is 10.1. The first-order chi connectivity index (χ1) is 8.63. The molecule has 2 amide bonds. The van der Waals surface area contributed by atoms with Gasteiger partial charge in [0.25, 0.3) is 11.8 Å². The van der Waals surface area contributed by atoms with Crippen LogP contribution in [0.2, 0.25) is 0 Å². The molecular formula is C12H10N2O3S. The van der Waals surface area contributed by atoms with Crippen LogP contribution >= 0.6 is 12.2 Å². The Morgan fingerprint density at radius 1 is 1.50 bits per heavy atom. The Bertz CT molecular complexity index is 546. The Morgan fingerprint density at radius 3 is 2.89 bits per heavy atom. The molecule has 1 N–H and O–H groups in total. The van der Waals surface area contributed by atoms with Crippen LogP contribution in [0.3, 0.4) is 0 Å². The molecule has 0 spiro atoms. The van der Waals surface area contributed by atoms with E-state index in [-0.39, 0.29) is 17.2 Å². The van der Waals surface area contributed by atoms with E-state index in [0.29, 0.717) is 5.56 Å². The van der Waals surface area contributed by atoms with Crippen LogP contribution in [0.1, 0.15) is 5.56 Å². The minimum Gasteiger partial charge on any atom is -0.472 e. The van der Waals surface area contributed by atoms with E-state index < -0.39 is 11.8 Å². The summed E-state index contributed by atoms with van der Waals surface area (Å²) in [5, 5.41) is 2.55. The predicted molar refractivity (Wildman–Crippen MR) is 69.3 cm³/mol. The van der Waals surface area contributed by atoms with Gasteiger partial charge < -0.3 is 4.42 Å². The molecule has 0 radical (unpaired) electrons. The summed E-state index contributed by atoms with van der Waals surface area (Å²) in [5.74, 6) is -0.948. The second-order valence-corrected chi connectivity index (χ2v) is 3.97. The van der Waals surface area contributed by atoms with E-state index in [1.807, 2.05) is 0 Å². The predicted octanol–water partition coefficient (Wildman–Crippen LogP) is 1.09. The first-order valence-electron chi connectivity index (χ1n) is 5.15. The van der Waals surface area contributed by atoms with Gasteiger partial charge in [-0.25, -0.2) is 0 Å². The molecule has 1 fully saturated rings. The van der Waals surface area contributed by atoms with E-state index in [4.69, 9.17) is 16.6 Å². The molecule has 1 aliphatic rings. The normalized spacial score (nSPS) is 18.1. The van der Waals surface area contributed by atoms with Crippen molar-refractivity contribution < 1.29 is 14.0 Å². The minimum atomic E-state index is -0.508. The van der Waals surface area contributed by atoms with Crippen LogP contribution in [0, 0.1) is 0 Å². The fourth-order valence-corrected chi connectivity index (χ4v) is 1.76. The number of hydrogen-bond donors (Lipinski definition) is 1. The molecule has 1 aromatic heterocycles. The van der Waals surface area contributed by atoms with Crippen molar-refractivity contribution in [2.24, 2.45) is 0 Å². The summed E-state index contributed by atoms with van der Waals surface area (Å²) >= 11 is 4.93. The van der Waals surface area contributed by atoms with Crippen molar-refractivity contribution in [2.45, 2.75) is 0 Å². The lowest BCUT2D eigenvalue weighted by molar-refractivity contribution is -0.128. The highest BCUT2D eigenvalue weighted by Crippen LogP contribution is 2.14. The quantitative estimate of drug-likeness (QED) is 0.383. The van der Waals surface area contributed by atoms with Crippen molar-refractivity contribution in [3.05, 3.63) is 42.4 Å². The van der Waals surface area contributed by atoms with Gasteiger partial charge in [0.1, 0.15) is 5.57 Å². The van der Waals surface area contributed by atoms with E-state index in [1.165, 1.54) is 29.6 Å². The van der Waals surface area contributed by atoms with Crippen LogP contribution < -0.4 is 5.32 Å². The van der Waals surface area contributed by atoms with Gasteiger partial charge in [-0.3, -0.25) is 19.8 Å². The SMILES string of the molecule is C=CCN1C(=O)/C(=C/c2ccoc2)C(=O)NC1=S. The number of carbonyl (C=O) groups excluding carboxylic acids is 2. The van der Waals surface area contributed by atoms with Gasteiger partial charge in [-0.1, -0.05) is 6.08 Å². The van der Waals surface area contributed by atoms with Gasteiger partial charge in [0.15, 0.2) is 5.11 Å². The van der Waals surface area contributed by atoms with Crippen molar-refractivity contribution in [3.63, 3.8) is 0 Å². The molecule has 0 aliphatic carbocycles. The summed E-state index contributed by atoms with van der Waals surface area (Å²) < 4.78 is 4.88. The van der Waals surface area contributed by atoms with E-state index in [2.05, 4.69) is 11.9 Å². The molecule has 6 heteroatoms. The lowest BCUT2D eigenvalue weighted by Crippen LogP contribution is -2.53. The fraction of sp³-hybridized carbons (Fsp3) is 0.0833.